The average molecular weight is 234 g/mol. The molecule has 0 amide bonds. The lowest BCUT2D eigenvalue weighted by molar-refractivity contribution is 1.02. The summed E-state index contributed by atoms with van der Waals surface area (Å²) in [6, 6.07) is 7.45. The van der Waals surface area contributed by atoms with E-state index in [1.165, 1.54) is 0 Å². The summed E-state index contributed by atoms with van der Waals surface area (Å²) in [6.45, 7) is 3.73. The van der Waals surface area contributed by atoms with Crippen molar-refractivity contribution in [2.45, 2.75) is 13.8 Å². The van der Waals surface area contributed by atoms with E-state index in [-0.39, 0.29) is 0 Å². The summed E-state index contributed by atoms with van der Waals surface area (Å²) < 4.78 is 0. The zero-order chi connectivity index (χ0) is 11.7. The summed E-state index contributed by atoms with van der Waals surface area (Å²) in [6.07, 6.45) is 0. The van der Waals surface area contributed by atoms with Crippen molar-refractivity contribution in [2.75, 3.05) is 5.73 Å². The Hall–Kier alpha value is -1.61. The molecule has 4 heteroatoms. The van der Waals surface area contributed by atoms with E-state index in [9.17, 15) is 0 Å². The van der Waals surface area contributed by atoms with Gasteiger partial charge in [0.25, 0.3) is 0 Å². The molecule has 0 fully saturated rings. The third-order valence-electron chi connectivity index (χ3n) is 2.37. The summed E-state index contributed by atoms with van der Waals surface area (Å²) in [5, 5.41) is 0.699. The van der Waals surface area contributed by atoms with E-state index in [0.29, 0.717) is 10.7 Å². The molecule has 0 aliphatic heterocycles. The van der Waals surface area contributed by atoms with Crippen molar-refractivity contribution in [2.24, 2.45) is 0 Å². The molecule has 82 valence electrons. The number of nitrogen functional groups attached to an aromatic ring is 1. The van der Waals surface area contributed by atoms with Crippen LogP contribution < -0.4 is 5.73 Å². The molecule has 2 aromatic rings. The van der Waals surface area contributed by atoms with Gasteiger partial charge in [0.1, 0.15) is 5.82 Å². The number of nitrogens with zero attached hydrogens (tertiary/aromatic N) is 2. The summed E-state index contributed by atoms with van der Waals surface area (Å²) in [5.74, 6) is 0.719. The molecule has 3 nitrogen and oxygen atoms in total. The van der Waals surface area contributed by atoms with Crippen LogP contribution in [0.4, 0.5) is 5.69 Å². The van der Waals surface area contributed by atoms with Gasteiger partial charge in [0, 0.05) is 10.6 Å². The third-order valence-corrected chi connectivity index (χ3v) is 2.62. The quantitative estimate of drug-likeness (QED) is 0.824. The molecule has 0 spiro atoms. The molecule has 2 N–H and O–H groups in total. The van der Waals surface area contributed by atoms with Gasteiger partial charge in [-0.05, 0) is 26.0 Å². The Labute approximate surface area is 99.3 Å². The van der Waals surface area contributed by atoms with Crippen LogP contribution in [0.25, 0.3) is 11.3 Å². The van der Waals surface area contributed by atoms with Crippen LogP contribution in [0.15, 0.2) is 24.3 Å². The van der Waals surface area contributed by atoms with Crippen LogP contribution in [-0.2, 0) is 0 Å². The molecule has 1 heterocycles. The normalized spacial score (nSPS) is 10.4. The maximum atomic E-state index is 5.96. The van der Waals surface area contributed by atoms with Crippen LogP contribution >= 0.6 is 11.6 Å². The van der Waals surface area contributed by atoms with Crippen molar-refractivity contribution >= 4 is 17.3 Å². The fourth-order valence-corrected chi connectivity index (χ4v) is 1.68. The van der Waals surface area contributed by atoms with Crippen LogP contribution in [0, 0.1) is 13.8 Å². The zero-order valence-electron chi connectivity index (χ0n) is 9.16. The van der Waals surface area contributed by atoms with Gasteiger partial charge >= 0.3 is 0 Å². The highest BCUT2D eigenvalue weighted by atomic mass is 35.5. The van der Waals surface area contributed by atoms with Crippen molar-refractivity contribution in [1.82, 2.24) is 9.97 Å². The first-order valence-electron chi connectivity index (χ1n) is 4.94. The Morgan fingerprint density at radius 3 is 2.31 bits per heavy atom. The maximum absolute atomic E-state index is 5.96. The molecule has 0 aliphatic rings. The Bertz CT molecular complexity index is 521. The van der Waals surface area contributed by atoms with E-state index >= 15 is 0 Å². The van der Waals surface area contributed by atoms with Crippen LogP contribution in [0.5, 0.6) is 0 Å². The SMILES string of the molecule is Cc1nc(C)c(N)c(-c2ccc(Cl)cc2)n1. The number of aromatic nitrogens is 2. The molecule has 0 unspecified atom stereocenters. The van der Waals surface area contributed by atoms with Crippen LogP contribution in [0.2, 0.25) is 5.02 Å². The summed E-state index contributed by atoms with van der Waals surface area (Å²) in [7, 11) is 0. The van der Waals surface area contributed by atoms with Gasteiger partial charge in [0.2, 0.25) is 0 Å². The largest absolute Gasteiger partial charge is 0.395 e. The number of hydrogen-bond donors (Lipinski definition) is 1. The standard InChI is InChI=1S/C12H12ClN3/c1-7-11(14)12(16-8(2)15-7)9-3-5-10(13)6-4-9/h3-6H,14H2,1-2H3. The first-order valence-corrected chi connectivity index (χ1v) is 5.32. The minimum atomic E-state index is 0.618. The highest BCUT2D eigenvalue weighted by Gasteiger charge is 2.08. The first-order chi connectivity index (χ1) is 7.58. The second kappa shape index (κ2) is 4.10. The van der Waals surface area contributed by atoms with Crippen LogP contribution in [0.3, 0.4) is 0 Å². The van der Waals surface area contributed by atoms with Crippen molar-refractivity contribution in [3.05, 3.63) is 40.8 Å². The van der Waals surface area contributed by atoms with Gasteiger partial charge in [0.05, 0.1) is 17.1 Å². The van der Waals surface area contributed by atoms with Gasteiger partial charge in [-0.25, -0.2) is 9.97 Å². The van der Waals surface area contributed by atoms with Crippen LogP contribution in [0.1, 0.15) is 11.5 Å². The molecule has 0 bridgehead atoms. The van der Waals surface area contributed by atoms with Gasteiger partial charge in [-0.15, -0.1) is 0 Å². The molecular formula is C12H12ClN3. The van der Waals surface area contributed by atoms with Gasteiger partial charge in [-0.1, -0.05) is 23.7 Å². The number of hydrogen-bond acceptors (Lipinski definition) is 3. The monoisotopic (exact) mass is 233 g/mol. The Kier molecular flexibility index (Phi) is 2.79. The lowest BCUT2D eigenvalue weighted by atomic mass is 10.1. The number of halogens is 1. The molecule has 2 rings (SSSR count). The van der Waals surface area contributed by atoms with Crippen molar-refractivity contribution in [3.8, 4) is 11.3 Å². The van der Waals surface area contributed by atoms with E-state index in [1.807, 2.05) is 38.1 Å². The van der Waals surface area contributed by atoms with Crippen molar-refractivity contribution in [3.63, 3.8) is 0 Å². The van der Waals surface area contributed by atoms with Crippen LogP contribution in [-0.4, -0.2) is 9.97 Å². The highest BCUT2D eigenvalue weighted by Crippen LogP contribution is 2.26. The molecule has 16 heavy (non-hydrogen) atoms. The number of aryl methyl sites for hydroxylation is 2. The smallest absolute Gasteiger partial charge is 0.126 e. The highest BCUT2D eigenvalue weighted by molar-refractivity contribution is 6.30. The lowest BCUT2D eigenvalue weighted by Crippen LogP contribution is -2.02. The number of nitrogens with two attached hydrogens (primary N) is 1. The van der Waals surface area contributed by atoms with E-state index < -0.39 is 0 Å². The summed E-state index contributed by atoms with van der Waals surface area (Å²) in [5.41, 5.74) is 9.10. The van der Waals surface area contributed by atoms with Gasteiger partial charge < -0.3 is 5.73 Å². The third kappa shape index (κ3) is 1.99. The molecule has 0 saturated carbocycles. The van der Waals surface area contributed by atoms with E-state index in [2.05, 4.69) is 9.97 Å². The predicted molar refractivity (Wildman–Crippen MR) is 66.4 cm³/mol. The minimum absolute atomic E-state index is 0.618. The molecule has 0 atom stereocenters. The fourth-order valence-electron chi connectivity index (χ4n) is 1.55. The Balaban J connectivity index is 2.59. The van der Waals surface area contributed by atoms with Crippen molar-refractivity contribution < 1.29 is 0 Å². The lowest BCUT2D eigenvalue weighted by Gasteiger charge is -2.08. The second-order valence-electron chi connectivity index (χ2n) is 3.63. The number of benzene rings is 1. The van der Waals surface area contributed by atoms with E-state index in [4.69, 9.17) is 17.3 Å². The zero-order valence-corrected chi connectivity index (χ0v) is 9.92. The van der Waals surface area contributed by atoms with Gasteiger partial charge in [0.15, 0.2) is 0 Å². The summed E-state index contributed by atoms with van der Waals surface area (Å²) in [4.78, 5) is 8.57. The van der Waals surface area contributed by atoms with Gasteiger partial charge in [-0.3, -0.25) is 0 Å². The number of anilines is 1. The molecular weight excluding hydrogens is 222 g/mol. The average Bonchev–Trinajstić information content (AvgIpc) is 2.25. The van der Waals surface area contributed by atoms with E-state index in [0.717, 1.165) is 22.8 Å². The molecule has 1 aromatic carbocycles. The fraction of sp³-hybridized carbons (Fsp3) is 0.167. The molecule has 0 aliphatic carbocycles. The topological polar surface area (TPSA) is 51.8 Å². The number of rotatable bonds is 1. The van der Waals surface area contributed by atoms with E-state index in [1.54, 1.807) is 0 Å². The van der Waals surface area contributed by atoms with Crippen molar-refractivity contribution in [1.29, 1.82) is 0 Å². The summed E-state index contributed by atoms with van der Waals surface area (Å²) >= 11 is 5.84. The first kappa shape index (κ1) is 10.9. The Morgan fingerprint density at radius 2 is 1.69 bits per heavy atom. The Morgan fingerprint density at radius 1 is 1.06 bits per heavy atom. The molecule has 0 radical (unpaired) electrons. The second-order valence-corrected chi connectivity index (χ2v) is 4.06. The minimum Gasteiger partial charge on any atom is -0.395 e. The van der Waals surface area contributed by atoms with Gasteiger partial charge in [-0.2, -0.15) is 0 Å². The maximum Gasteiger partial charge on any atom is 0.126 e. The predicted octanol–water partition coefficient (Wildman–Crippen LogP) is 3.00. The molecule has 0 saturated heterocycles. The molecule has 1 aromatic heterocycles.